The van der Waals surface area contributed by atoms with Gasteiger partial charge < -0.3 is 0 Å². The van der Waals surface area contributed by atoms with Gasteiger partial charge >= 0.3 is 36.0 Å². The first kappa shape index (κ1) is 21.9. The Morgan fingerprint density at radius 2 is 1.00 bits per heavy atom. The van der Waals surface area contributed by atoms with Gasteiger partial charge in [0.25, 0.3) is 0 Å². The Hall–Kier alpha value is -0.110. The second kappa shape index (κ2) is 6.42. The standard InChI is InChI=1S/C9H7F12I/c10-4(11)8(18,19)5(12,13)1-2-6(14,15)9(20,21)7(16,17)3-22/h4H,1-3H2. The van der Waals surface area contributed by atoms with Crippen molar-refractivity contribution in [3.05, 3.63) is 0 Å². The molecule has 0 bridgehead atoms. The average Bonchev–Trinajstić information content (AvgIpc) is 2.35. The largest absolute Gasteiger partial charge is 0.372 e. The maximum absolute atomic E-state index is 13.0. The molecule has 0 nitrogen and oxygen atoms in total. The second-order valence-corrected chi connectivity index (χ2v) is 5.01. The number of alkyl halides is 13. The number of hydrogen-bond acceptors (Lipinski definition) is 0. The summed E-state index contributed by atoms with van der Waals surface area (Å²) in [4.78, 5) is 0. The summed E-state index contributed by atoms with van der Waals surface area (Å²) in [5.41, 5.74) is 0. The molecule has 0 rings (SSSR count). The van der Waals surface area contributed by atoms with Crippen LogP contribution in [0.25, 0.3) is 0 Å². The van der Waals surface area contributed by atoms with Crippen molar-refractivity contribution < 1.29 is 52.7 Å². The van der Waals surface area contributed by atoms with Crippen molar-refractivity contribution in [2.75, 3.05) is 4.43 Å². The van der Waals surface area contributed by atoms with Gasteiger partial charge in [0.2, 0.25) is 0 Å². The maximum Gasteiger partial charge on any atom is 0.372 e. The Labute approximate surface area is 129 Å². The van der Waals surface area contributed by atoms with Crippen LogP contribution in [0.3, 0.4) is 0 Å². The molecule has 22 heavy (non-hydrogen) atoms. The average molecular weight is 470 g/mol. The number of rotatable bonds is 8. The molecule has 0 heterocycles. The van der Waals surface area contributed by atoms with E-state index in [1.807, 2.05) is 0 Å². The van der Waals surface area contributed by atoms with Crippen molar-refractivity contribution in [1.29, 1.82) is 0 Å². The first-order valence-electron chi connectivity index (χ1n) is 5.19. The Morgan fingerprint density at radius 1 is 0.636 bits per heavy atom. The smallest absolute Gasteiger partial charge is 0.203 e. The van der Waals surface area contributed by atoms with E-state index in [1.54, 1.807) is 0 Å². The first-order valence-corrected chi connectivity index (χ1v) is 6.72. The quantitative estimate of drug-likeness (QED) is 0.245. The van der Waals surface area contributed by atoms with E-state index in [9.17, 15) is 52.7 Å². The summed E-state index contributed by atoms with van der Waals surface area (Å²) in [7, 11) is 0. The molecular formula is C9H7F12I. The lowest BCUT2D eigenvalue weighted by molar-refractivity contribution is -0.312. The van der Waals surface area contributed by atoms with Gasteiger partial charge in [-0.3, -0.25) is 0 Å². The molecule has 0 aromatic carbocycles. The Bertz CT molecular complexity index is 377. The highest BCUT2D eigenvalue weighted by atomic mass is 127. The highest BCUT2D eigenvalue weighted by Gasteiger charge is 2.72. The van der Waals surface area contributed by atoms with Gasteiger partial charge in [-0.25, -0.2) is 8.78 Å². The van der Waals surface area contributed by atoms with Crippen LogP contribution in [0, 0.1) is 0 Å². The summed E-state index contributed by atoms with van der Waals surface area (Å²) in [6.45, 7) is 0. The predicted octanol–water partition coefficient (Wildman–Crippen LogP) is 5.64. The van der Waals surface area contributed by atoms with Gasteiger partial charge in [0.15, 0.2) is 0 Å². The van der Waals surface area contributed by atoms with Gasteiger partial charge in [-0.2, -0.15) is 43.9 Å². The van der Waals surface area contributed by atoms with Crippen molar-refractivity contribution in [2.24, 2.45) is 0 Å². The van der Waals surface area contributed by atoms with Crippen LogP contribution < -0.4 is 0 Å². The molecule has 0 aromatic rings. The third kappa shape index (κ3) is 3.86. The lowest BCUT2D eigenvalue weighted by Gasteiger charge is -2.33. The summed E-state index contributed by atoms with van der Waals surface area (Å²) in [6.07, 6.45) is -10.6. The molecule has 134 valence electrons. The molecule has 0 saturated heterocycles. The monoisotopic (exact) mass is 470 g/mol. The van der Waals surface area contributed by atoms with Crippen LogP contribution in [-0.2, 0) is 0 Å². The Morgan fingerprint density at radius 3 is 1.32 bits per heavy atom. The number of halogens is 13. The fraction of sp³-hybridized carbons (Fsp3) is 1.00. The first-order chi connectivity index (χ1) is 9.46. The van der Waals surface area contributed by atoms with E-state index in [0.717, 1.165) is 0 Å². The van der Waals surface area contributed by atoms with Gasteiger partial charge in [-0.1, -0.05) is 22.6 Å². The van der Waals surface area contributed by atoms with Crippen LogP contribution in [-0.4, -0.2) is 40.5 Å². The zero-order valence-corrected chi connectivity index (χ0v) is 12.3. The van der Waals surface area contributed by atoms with E-state index in [-0.39, 0.29) is 0 Å². The second-order valence-electron chi connectivity index (χ2n) is 4.25. The Balaban J connectivity index is 5.25. The highest BCUT2D eigenvalue weighted by molar-refractivity contribution is 14.1. The van der Waals surface area contributed by atoms with E-state index >= 15 is 0 Å². The molecule has 0 radical (unpaired) electrons. The SMILES string of the molecule is FC(F)C(F)(F)C(F)(F)CCC(F)(F)C(F)(F)C(F)(F)CI. The van der Waals surface area contributed by atoms with Crippen LogP contribution in [0.2, 0.25) is 0 Å². The molecule has 0 unspecified atom stereocenters. The van der Waals surface area contributed by atoms with Gasteiger partial charge in [-0.15, -0.1) is 0 Å². The van der Waals surface area contributed by atoms with Crippen LogP contribution in [0.15, 0.2) is 0 Å². The van der Waals surface area contributed by atoms with Gasteiger partial charge in [0.05, 0.1) is 4.43 Å². The van der Waals surface area contributed by atoms with Crippen LogP contribution in [0.1, 0.15) is 12.8 Å². The molecule has 0 aliphatic heterocycles. The van der Waals surface area contributed by atoms with Crippen molar-refractivity contribution in [2.45, 2.75) is 48.9 Å². The highest BCUT2D eigenvalue weighted by Crippen LogP contribution is 2.51. The fourth-order valence-corrected chi connectivity index (χ4v) is 1.63. The molecule has 13 heteroatoms. The van der Waals surface area contributed by atoms with E-state index in [4.69, 9.17) is 0 Å². The molecule has 0 atom stereocenters. The molecule has 0 aliphatic rings. The zero-order valence-electron chi connectivity index (χ0n) is 10.1. The van der Waals surface area contributed by atoms with Crippen molar-refractivity contribution in [1.82, 2.24) is 0 Å². The van der Waals surface area contributed by atoms with Crippen molar-refractivity contribution >= 4 is 22.6 Å². The van der Waals surface area contributed by atoms with E-state index < -0.39 is 53.3 Å². The molecule has 0 spiro atoms. The minimum absolute atomic E-state index is 0.631. The maximum atomic E-state index is 13.0. The number of hydrogen-bond donors (Lipinski definition) is 0. The van der Waals surface area contributed by atoms with Gasteiger partial charge in [-0.05, 0) is 0 Å². The zero-order chi connectivity index (χ0) is 18.2. The molecule has 0 aliphatic carbocycles. The lowest BCUT2D eigenvalue weighted by Crippen LogP contribution is -2.56. The molecule has 0 saturated carbocycles. The van der Waals surface area contributed by atoms with Crippen LogP contribution >= 0.6 is 22.6 Å². The third-order valence-electron chi connectivity index (χ3n) is 2.60. The Kier molecular flexibility index (Phi) is 6.38. The molecule has 0 N–H and O–H groups in total. The normalized spacial score (nSPS) is 15.5. The molecule has 0 fully saturated rings. The molecular weight excluding hydrogens is 463 g/mol. The van der Waals surface area contributed by atoms with Crippen molar-refractivity contribution in [3.8, 4) is 0 Å². The lowest BCUT2D eigenvalue weighted by atomic mass is 9.97. The van der Waals surface area contributed by atoms with Crippen LogP contribution in [0.5, 0.6) is 0 Å². The summed E-state index contributed by atoms with van der Waals surface area (Å²) in [5.74, 6) is -29.1. The minimum atomic E-state index is -6.11. The van der Waals surface area contributed by atoms with Gasteiger partial charge in [0, 0.05) is 12.8 Å². The van der Waals surface area contributed by atoms with E-state index in [2.05, 4.69) is 0 Å². The third-order valence-corrected chi connectivity index (χ3v) is 3.56. The molecule has 0 aromatic heterocycles. The van der Waals surface area contributed by atoms with Crippen molar-refractivity contribution in [3.63, 3.8) is 0 Å². The van der Waals surface area contributed by atoms with Gasteiger partial charge in [0.1, 0.15) is 0 Å². The topological polar surface area (TPSA) is 0 Å². The predicted molar refractivity (Wildman–Crippen MR) is 58.9 cm³/mol. The summed E-state index contributed by atoms with van der Waals surface area (Å²) < 4.78 is 149. The fourth-order valence-electron chi connectivity index (χ4n) is 1.15. The minimum Gasteiger partial charge on any atom is -0.203 e. The van der Waals surface area contributed by atoms with Crippen LogP contribution in [0.4, 0.5) is 52.7 Å². The van der Waals surface area contributed by atoms with E-state index in [1.165, 1.54) is 0 Å². The summed E-state index contributed by atoms with van der Waals surface area (Å²) >= 11 is 0.631. The van der Waals surface area contributed by atoms with E-state index in [0.29, 0.717) is 22.6 Å². The molecule has 0 amide bonds. The summed E-state index contributed by atoms with van der Waals surface area (Å²) in [5, 5.41) is 0. The summed E-state index contributed by atoms with van der Waals surface area (Å²) in [6, 6.07) is 0.